The summed E-state index contributed by atoms with van der Waals surface area (Å²) in [6, 6.07) is 4.00. The second-order valence-electron chi connectivity index (χ2n) is 3.48. The lowest BCUT2D eigenvalue weighted by atomic mass is 10.2. The lowest BCUT2D eigenvalue weighted by Crippen LogP contribution is -2.08. The number of fused-ring (bicyclic) bond motifs is 1. The van der Waals surface area contributed by atoms with Gasteiger partial charge < -0.3 is 10.3 Å². The smallest absolute Gasteiger partial charge is 0.0885 e. The first-order chi connectivity index (χ1) is 6.59. The molecule has 0 bridgehead atoms. The highest BCUT2D eigenvalue weighted by Gasteiger charge is 2.09. The summed E-state index contributed by atoms with van der Waals surface area (Å²) in [5.74, 6) is 0. The lowest BCUT2D eigenvalue weighted by Gasteiger charge is -2.07. The Morgan fingerprint density at radius 1 is 1.57 bits per heavy atom. The molecule has 2 heterocycles. The van der Waals surface area contributed by atoms with Gasteiger partial charge in [-0.2, -0.15) is 0 Å². The van der Waals surface area contributed by atoms with Crippen molar-refractivity contribution in [2.75, 3.05) is 0 Å². The van der Waals surface area contributed by atoms with Crippen LogP contribution in [0.3, 0.4) is 0 Å². The Morgan fingerprint density at radius 2 is 2.29 bits per heavy atom. The van der Waals surface area contributed by atoms with E-state index in [0.717, 1.165) is 21.2 Å². The van der Waals surface area contributed by atoms with E-state index in [1.54, 1.807) is 0 Å². The number of nitrogens with zero attached hydrogens (tertiary/aromatic N) is 2. The van der Waals surface area contributed by atoms with Gasteiger partial charge in [0.1, 0.15) is 0 Å². The van der Waals surface area contributed by atoms with Crippen molar-refractivity contribution in [3.05, 3.63) is 28.5 Å². The van der Waals surface area contributed by atoms with E-state index in [-0.39, 0.29) is 6.04 Å². The van der Waals surface area contributed by atoms with Crippen LogP contribution in [0.4, 0.5) is 0 Å². The molecule has 0 amide bonds. The molecular weight excluding hydrogens is 242 g/mol. The molecule has 2 aromatic rings. The lowest BCUT2D eigenvalue weighted by molar-refractivity contribution is 0.781. The van der Waals surface area contributed by atoms with Crippen molar-refractivity contribution in [3.8, 4) is 0 Å². The zero-order chi connectivity index (χ0) is 10.3. The maximum atomic E-state index is 5.81. The molecule has 1 atom stereocenters. The van der Waals surface area contributed by atoms with Crippen LogP contribution in [0.1, 0.15) is 18.7 Å². The van der Waals surface area contributed by atoms with E-state index in [4.69, 9.17) is 5.73 Å². The molecule has 0 aliphatic heterocycles. The van der Waals surface area contributed by atoms with Gasteiger partial charge in [0.15, 0.2) is 0 Å². The zero-order valence-electron chi connectivity index (χ0n) is 8.16. The summed E-state index contributed by atoms with van der Waals surface area (Å²) in [7, 11) is 2.00. The van der Waals surface area contributed by atoms with Gasteiger partial charge in [-0.15, -0.1) is 0 Å². The third-order valence-electron chi connectivity index (χ3n) is 2.28. The third kappa shape index (κ3) is 1.44. The molecule has 14 heavy (non-hydrogen) atoms. The van der Waals surface area contributed by atoms with E-state index in [1.165, 1.54) is 0 Å². The van der Waals surface area contributed by atoms with Crippen molar-refractivity contribution in [1.29, 1.82) is 0 Å². The molecule has 2 aromatic heterocycles. The van der Waals surface area contributed by atoms with Crippen LogP contribution in [0.25, 0.3) is 11.0 Å². The monoisotopic (exact) mass is 253 g/mol. The average Bonchev–Trinajstić information content (AvgIpc) is 2.46. The highest BCUT2D eigenvalue weighted by atomic mass is 79.9. The van der Waals surface area contributed by atoms with E-state index < -0.39 is 0 Å². The first-order valence-corrected chi connectivity index (χ1v) is 5.26. The molecule has 0 aliphatic rings. The first kappa shape index (κ1) is 9.68. The molecule has 0 saturated carbocycles. The van der Waals surface area contributed by atoms with Crippen molar-refractivity contribution in [2.24, 2.45) is 12.8 Å². The Balaban J connectivity index is 2.72. The zero-order valence-corrected chi connectivity index (χ0v) is 9.75. The summed E-state index contributed by atoms with van der Waals surface area (Å²) in [5.41, 5.74) is 8.82. The van der Waals surface area contributed by atoms with E-state index in [0.29, 0.717) is 0 Å². The largest absolute Gasteiger partial charge is 0.349 e. The molecule has 0 radical (unpaired) electrons. The maximum Gasteiger partial charge on any atom is 0.0885 e. The quantitative estimate of drug-likeness (QED) is 0.848. The number of pyridine rings is 1. The van der Waals surface area contributed by atoms with Crippen molar-refractivity contribution < 1.29 is 0 Å². The minimum Gasteiger partial charge on any atom is -0.349 e. The van der Waals surface area contributed by atoms with Gasteiger partial charge in [0.25, 0.3) is 0 Å². The van der Waals surface area contributed by atoms with Crippen molar-refractivity contribution in [1.82, 2.24) is 9.55 Å². The summed E-state index contributed by atoms with van der Waals surface area (Å²) < 4.78 is 3.01. The van der Waals surface area contributed by atoms with Gasteiger partial charge in [0.05, 0.1) is 16.7 Å². The van der Waals surface area contributed by atoms with Crippen LogP contribution in [-0.2, 0) is 7.05 Å². The van der Waals surface area contributed by atoms with Gasteiger partial charge in [-0.05, 0) is 35.0 Å². The Bertz CT molecular complexity index is 473. The van der Waals surface area contributed by atoms with Crippen LogP contribution >= 0.6 is 15.9 Å². The maximum absolute atomic E-state index is 5.81. The average molecular weight is 254 g/mol. The van der Waals surface area contributed by atoms with Gasteiger partial charge in [0, 0.05) is 23.8 Å². The van der Waals surface area contributed by atoms with Crippen molar-refractivity contribution >= 4 is 27.0 Å². The highest BCUT2D eigenvalue weighted by molar-refractivity contribution is 9.10. The third-order valence-corrected chi connectivity index (χ3v) is 2.91. The van der Waals surface area contributed by atoms with E-state index >= 15 is 0 Å². The summed E-state index contributed by atoms with van der Waals surface area (Å²) >= 11 is 3.48. The van der Waals surface area contributed by atoms with Gasteiger partial charge in [-0.25, -0.2) is 4.98 Å². The fourth-order valence-corrected chi connectivity index (χ4v) is 2.16. The number of hydrogen-bond acceptors (Lipinski definition) is 2. The van der Waals surface area contributed by atoms with Crippen LogP contribution < -0.4 is 5.73 Å². The predicted octanol–water partition coefficient (Wildman–Crippen LogP) is 2.36. The Morgan fingerprint density at radius 3 is 2.93 bits per heavy atom. The Hall–Kier alpha value is -0.870. The van der Waals surface area contributed by atoms with Gasteiger partial charge in [-0.3, -0.25) is 0 Å². The van der Waals surface area contributed by atoms with Crippen LogP contribution in [0.5, 0.6) is 0 Å². The summed E-state index contributed by atoms with van der Waals surface area (Å²) in [6.07, 6.45) is 2.00. The molecule has 3 nitrogen and oxygen atoms in total. The fourth-order valence-electron chi connectivity index (χ4n) is 1.50. The van der Waals surface area contributed by atoms with Crippen molar-refractivity contribution in [3.63, 3.8) is 0 Å². The summed E-state index contributed by atoms with van der Waals surface area (Å²) in [6.45, 7) is 1.93. The van der Waals surface area contributed by atoms with Gasteiger partial charge >= 0.3 is 0 Å². The molecule has 1 unspecified atom stereocenters. The summed E-state index contributed by atoms with van der Waals surface area (Å²) in [4.78, 5) is 4.50. The molecule has 2 rings (SSSR count). The molecule has 0 aromatic carbocycles. The van der Waals surface area contributed by atoms with Crippen LogP contribution in [0.2, 0.25) is 0 Å². The van der Waals surface area contributed by atoms with E-state index in [9.17, 15) is 0 Å². The van der Waals surface area contributed by atoms with Crippen LogP contribution in [-0.4, -0.2) is 9.55 Å². The normalized spacial score (nSPS) is 13.4. The molecule has 0 aliphatic carbocycles. The second kappa shape index (κ2) is 3.37. The number of aromatic nitrogens is 2. The van der Waals surface area contributed by atoms with E-state index in [1.807, 2.05) is 30.8 Å². The van der Waals surface area contributed by atoms with Gasteiger partial charge in [-0.1, -0.05) is 0 Å². The number of nitrogens with two attached hydrogens (primary N) is 1. The molecule has 2 N–H and O–H groups in total. The standard InChI is InChI=1S/C10H12BrN3/c1-6(12)10-7(11)5-9-8(13-10)3-4-14(9)2/h3-6H,12H2,1-2H3. The number of rotatable bonds is 1. The predicted molar refractivity (Wildman–Crippen MR) is 61.0 cm³/mol. The number of aryl methyl sites for hydroxylation is 1. The second-order valence-corrected chi connectivity index (χ2v) is 4.33. The first-order valence-electron chi connectivity index (χ1n) is 4.46. The van der Waals surface area contributed by atoms with Crippen molar-refractivity contribution in [2.45, 2.75) is 13.0 Å². The molecule has 4 heteroatoms. The van der Waals surface area contributed by atoms with E-state index in [2.05, 4.69) is 27.0 Å². The minimum absolute atomic E-state index is 0.0472. The summed E-state index contributed by atoms with van der Waals surface area (Å²) in [5, 5.41) is 0. The number of hydrogen-bond donors (Lipinski definition) is 1. The number of halogens is 1. The molecule has 0 fully saturated rings. The fraction of sp³-hybridized carbons (Fsp3) is 0.300. The molecule has 0 saturated heterocycles. The molecular formula is C10H12BrN3. The van der Waals surface area contributed by atoms with Gasteiger partial charge in [0.2, 0.25) is 0 Å². The molecule has 0 spiro atoms. The van der Waals surface area contributed by atoms with Crippen LogP contribution in [0, 0.1) is 0 Å². The Labute approximate surface area is 91.1 Å². The topological polar surface area (TPSA) is 43.8 Å². The minimum atomic E-state index is -0.0472. The SMILES string of the molecule is CC(N)c1nc2ccn(C)c2cc1Br. The van der Waals surface area contributed by atoms with Crippen LogP contribution in [0.15, 0.2) is 22.8 Å². The Kier molecular flexibility index (Phi) is 2.33. The molecule has 74 valence electrons. The highest BCUT2D eigenvalue weighted by Crippen LogP contribution is 2.24.